The number of hydrogen-bond acceptors (Lipinski definition) is 18. The van der Waals surface area contributed by atoms with Gasteiger partial charge in [-0.25, -0.2) is 0 Å². The number of carbonyl (C=O) groups is 4. The fourth-order valence-corrected chi connectivity index (χ4v) is 38.7. The summed E-state index contributed by atoms with van der Waals surface area (Å²) in [5.41, 5.74) is 3.18. The lowest BCUT2D eigenvalue weighted by atomic mass is 9.43. The van der Waals surface area contributed by atoms with Crippen molar-refractivity contribution in [3.8, 4) is 0 Å². The van der Waals surface area contributed by atoms with Crippen LogP contribution in [0.2, 0.25) is 0 Å². The lowest BCUT2D eigenvalue weighted by Crippen LogP contribution is -2.59. The van der Waals surface area contributed by atoms with Crippen molar-refractivity contribution in [2.75, 3.05) is 80.8 Å². The quantitative estimate of drug-likeness (QED) is 0.0159. The van der Waals surface area contributed by atoms with Crippen molar-refractivity contribution < 1.29 is 48.3 Å². The predicted molar refractivity (Wildman–Crippen MR) is 565 cm³/mol. The van der Waals surface area contributed by atoms with Crippen LogP contribution in [-0.4, -0.2) is 175 Å². The van der Waals surface area contributed by atoms with E-state index in [0.29, 0.717) is 171 Å². The zero-order valence-corrected chi connectivity index (χ0v) is 93.1. The molecule has 0 aliphatic heterocycles. The van der Waals surface area contributed by atoms with Crippen LogP contribution in [0.4, 0.5) is 0 Å². The number of rotatable bonds is 36. The summed E-state index contributed by atoms with van der Waals surface area (Å²) >= 11 is 0. The molecule has 0 amide bonds. The summed E-state index contributed by atoms with van der Waals surface area (Å²) in [6.07, 6.45) is 51.2. The molecular weight excluding hydrogens is 1710 g/mol. The van der Waals surface area contributed by atoms with Crippen LogP contribution >= 0.6 is 0 Å². The van der Waals surface area contributed by atoms with Crippen molar-refractivity contribution in [1.29, 1.82) is 0 Å². The Bertz CT molecular complexity index is 3670. The SMILES string of the molecule is COC(=O)CC[C@@H](C)[C@H]1CCC2C3C(CC[C@@]21C)[C@@]1(C)CC[C@H](NCCNC(C)C)C[C@@H]1C[C@H]3O.COC(=O)CC[C@@H](C)[C@H]1CCC2C3CC[C@@H]4C[C@@H](NCCNC(C)C)CC[C@]4(C)C3CC[C@@]21C.COC(=O)CC[C@@H](C)[C@H]1CCC2C3CC[C@@H]4C[C@@H](NCCNC(C)C)CC[C@]4(C)C3C[C@H](O)[C@@]21C.COC(=O)CC[C@@H](C)[C@H]1CCC2C3CC[C@@H]4C[C@H](NCCNC(C)C)CC[C@]4(C)C3CC[C@@]21C. The molecule has 0 bridgehead atoms. The zero-order chi connectivity index (χ0) is 99.8. The van der Waals surface area contributed by atoms with E-state index in [-0.39, 0.29) is 41.5 Å². The minimum atomic E-state index is -0.213. The van der Waals surface area contributed by atoms with E-state index in [2.05, 4.69) is 181 Å². The van der Waals surface area contributed by atoms with Gasteiger partial charge in [0.05, 0.1) is 40.6 Å². The van der Waals surface area contributed by atoms with Crippen LogP contribution in [0, 0.1) is 185 Å². The summed E-state index contributed by atoms with van der Waals surface area (Å²) in [6.45, 7) is 56.6. The lowest BCUT2D eigenvalue weighted by Gasteiger charge is -2.62. The largest absolute Gasteiger partial charge is 0.469 e. The number of esters is 4. The molecule has 10 N–H and O–H groups in total. The number of aliphatic hydroxyl groups excluding tert-OH is 2. The molecule has 0 aromatic carbocycles. The molecule has 0 aromatic rings. The molecule has 16 rings (SSSR count). The highest BCUT2D eigenvalue weighted by molar-refractivity contribution is 5.70. The van der Waals surface area contributed by atoms with Gasteiger partial charge in [0, 0.05) is 126 Å². The predicted octanol–water partition coefficient (Wildman–Crippen LogP) is 22.7. The summed E-state index contributed by atoms with van der Waals surface area (Å²) < 4.78 is 19.7. The van der Waals surface area contributed by atoms with E-state index in [1.165, 1.54) is 234 Å². The first-order chi connectivity index (χ1) is 65.6. The monoisotopic (exact) mass is 1930 g/mol. The first-order valence-corrected chi connectivity index (χ1v) is 59.1. The van der Waals surface area contributed by atoms with Gasteiger partial charge in [-0.15, -0.1) is 0 Å². The maximum Gasteiger partial charge on any atom is 0.305 e. The number of methoxy groups -OCH3 is 4. The van der Waals surface area contributed by atoms with Crippen molar-refractivity contribution in [2.24, 2.45) is 185 Å². The number of carbonyl (C=O) groups excluding carboxylic acids is 4. The molecule has 12 unspecified atom stereocenters. The molecule has 16 aliphatic carbocycles. The van der Waals surface area contributed by atoms with Gasteiger partial charge in [-0.2, -0.15) is 0 Å². The highest BCUT2D eigenvalue weighted by Gasteiger charge is 2.68. The molecule has 16 saturated carbocycles. The third-order valence-corrected chi connectivity index (χ3v) is 46.4. The summed E-state index contributed by atoms with van der Waals surface area (Å²) in [5.74, 6) is 17.4. The van der Waals surface area contributed by atoms with Gasteiger partial charge >= 0.3 is 23.9 Å². The molecule has 0 aromatic heterocycles. The first-order valence-electron chi connectivity index (χ1n) is 59.1. The third kappa shape index (κ3) is 24.6. The van der Waals surface area contributed by atoms with E-state index in [1.54, 1.807) is 0 Å². The van der Waals surface area contributed by atoms with E-state index >= 15 is 0 Å². The van der Waals surface area contributed by atoms with Gasteiger partial charge in [-0.1, -0.05) is 138 Å². The van der Waals surface area contributed by atoms with Crippen molar-refractivity contribution >= 4 is 23.9 Å². The second kappa shape index (κ2) is 48.8. The molecule has 16 aliphatic rings. The fraction of sp³-hybridized carbons (Fsp3) is 0.967. The third-order valence-electron chi connectivity index (χ3n) is 46.4. The number of aliphatic hydroxyl groups is 2. The average molecular weight is 1930 g/mol. The van der Waals surface area contributed by atoms with Crippen molar-refractivity contribution in [1.82, 2.24) is 42.5 Å². The molecule has 0 saturated heterocycles. The summed E-state index contributed by atoms with van der Waals surface area (Å²) in [7, 11) is 6.01. The molecule has 18 nitrogen and oxygen atoms in total. The summed E-state index contributed by atoms with van der Waals surface area (Å²) in [6, 6.07) is 4.96. The van der Waals surface area contributed by atoms with Crippen LogP contribution in [0.1, 0.15) is 408 Å². The Kier molecular flexibility index (Phi) is 39.9. The minimum absolute atomic E-state index is 0.00206. The Balaban J connectivity index is 0.000000155. The molecule has 0 radical (unpaired) electrons. The summed E-state index contributed by atoms with van der Waals surface area (Å²) in [5, 5.41) is 53.0. The van der Waals surface area contributed by atoms with Crippen LogP contribution in [0.15, 0.2) is 0 Å². The molecule has 38 atom stereocenters. The van der Waals surface area contributed by atoms with E-state index in [1.807, 2.05) is 0 Å². The Morgan fingerprint density at radius 2 is 0.536 bits per heavy atom. The molecule has 138 heavy (non-hydrogen) atoms. The van der Waals surface area contributed by atoms with Gasteiger partial charge in [0.25, 0.3) is 0 Å². The van der Waals surface area contributed by atoms with E-state index in [0.717, 1.165) is 174 Å². The van der Waals surface area contributed by atoms with E-state index in [9.17, 15) is 29.4 Å². The van der Waals surface area contributed by atoms with Gasteiger partial charge in [0.15, 0.2) is 0 Å². The van der Waals surface area contributed by atoms with E-state index in [4.69, 9.17) is 18.9 Å². The minimum Gasteiger partial charge on any atom is -0.469 e. The average Bonchev–Trinajstić information content (AvgIpc) is 1.45. The van der Waals surface area contributed by atoms with Gasteiger partial charge in [0.2, 0.25) is 0 Å². The maximum atomic E-state index is 11.8. The lowest BCUT2D eigenvalue weighted by molar-refractivity contribution is -0.170. The molecule has 796 valence electrons. The van der Waals surface area contributed by atoms with Crippen LogP contribution in [-0.2, 0) is 38.1 Å². The van der Waals surface area contributed by atoms with Crippen LogP contribution < -0.4 is 42.5 Å². The van der Waals surface area contributed by atoms with Crippen molar-refractivity contribution in [2.45, 2.75) is 469 Å². The number of nitrogens with one attached hydrogen (secondary N) is 8. The van der Waals surface area contributed by atoms with Gasteiger partial charge in [-0.05, 0) is 429 Å². The normalized spacial score (nSPS) is 43.2. The van der Waals surface area contributed by atoms with Gasteiger partial charge < -0.3 is 71.7 Å². The van der Waals surface area contributed by atoms with Crippen molar-refractivity contribution in [3.63, 3.8) is 0 Å². The Hall–Kier alpha value is -2.52. The van der Waals surface area contributed by atoms with Crippen LogP contribution in [0.5, 0.6) is 0 Å². The number of hydrogen-bond donors (Lipinski definition) is 10. The zero-order valence-electron chi connectivity index (χ0n) is 93.1. The second-order valence-electron chi connectivity index (χ2n) is 54.3. The molecule has 0 spiro atoms. The van der Waals surface area contributed by atoms with Gasteiger partial charge in [0.1, 0.15) is 0 Å². The van der Waals surface area contributed by atoms with Crippen molar-refractivity contribution in [3.05, 3.63) is 0 Å². The number of fused-ring (bicyclic) bond motifs is 20. The van der Waals surface area contributed by atoms with E-state index < -0.39 is 0 Å². The molecule has 0 heterocycles. The Labute approximate surface area is 844 Å². The fourth-order valence-electron chi connectivity index (χ4n) is 38.7. The smallest absolute Gasteiger partial charge is 0.305 e. The first kappa shape index (κ1) is 113. The second-order valence-corrected chi connectivity index (χ2v) is 54.3. The summed E-state index contributed by atoms with van der Waals surface area (Å²) in [4.78, 5) is 47.0. The van der Waals surface area contributed by atoms with Gasteiger partial charge in [-0.3, -0.25) is 19.2 Å². The molecular formula is C120H216N8O10. The molecule has 16 fully saturated rings. The standard InChI is InChI=1S/2C30H54N2O3.2C30H54N2O2/c1-19(2)31-15-16-32-22-13-14-29(4)21(17-22)8-9-23-25-11-10-24(20(3)7-12-28(34)35-6)30(25,5)27(33)18-26(23)29;1-19(2)31-15-16-32-22-11-13-29(4)21(17-22)18-26(33)28-24-9-8-23(20(3)7-10-27(34)35-6)30(24,5)14-12-25(28)29;2*1-20(2)31-17-18-32-23-13-15-29(4)22(19-23)8-9-24-26-11-10-25(21(3)7-12-28(33)34-6)30(26,5)16-14-27(24)29/h19-27,31-33H,7-18H2,1-6H3;19-26,28,31-33H,7-18H2,1-6H3;2*20-27,31-32H,7-19H2,1-6H3/t20-,21-,22+,23?,24-,25?,26?,27+,29+,30-;20-,21-,22+,23-,24?,25?,26-,28?,29+,30-;21-,22-,23+,24?,25-,26?,27?,29+,30-;21-,22-,23-,24?,25-,26?,27?,29+,30-/m1111/s1. The highest BCUT2D eigenvalue weighted by atomic mass is 16.5. The Morgan fingerprint density at radius 3 is 0.877 bits per heavy atom. The highest BCUT2D eigenvalue weighted by Crippen LogP contribution is 2.74. The maximum absolute atomic E-state index is 11.8. The Morgan fingerprint density at radius 1 is 0.275 bits per heavy atom. The number of ether oxygens (including phenoxy) is 4. The van der Waals surface area contributed by atoms with Crippen LogP contribution in [0.25, 0.3) is 0 Å². The topological polar surface area (TPSA) is 242 Å². The molecule has 18 heteroatoms. The van der Waals surface area contributed by atoms with Crippen LogP contribution in [0.3, 0.4) is 0 Å².